The molecular weight excluding hydrogens is 502 g/mol. The number of aromatic nitrogens is 1. The Morgan fingerprint density at radius 1 is 1.11 bits per heavy atom. The van der Waals surface area contributed by atoms with Gasteiger partial charge in [-0.1, -0.05) is 37.6 Å². The van der Waals surface area contributed by atoms with Crippen molar-refractivity contribution < 1.29 is 14.4 Å². The molecule has 204 valence electrons. The van der Waals surface area contributed by atoms with E-state index in [1.165, 1.54) is 5.56 Å². The molecule has 2 aromatic rings. The average Bonchev–Trinajstić information content (AvgIpc) is 3.26. The first-order chi connectivity index (χ1) is 18.1. The summed E-state index contributed by atoms with van der Waals surface area (Å²) in [5.41, 5.74) is 3.39. The van der Waals surface area contributed by atoms with E-state index >= 15 is 0 Å². The molecular formula is C29H38ClN5O3. The van der Waals surface area contributed by atoms with Gasteiger partial charge in [-0.05, 0) is 68.4 Å². The van der Waals surface area contributed by atoms with Gasteiger partial charge in [-0.2, -0.15) is 0 Å². The number of benzene rings is 1. The SMILES string of the molecule is Cc1cc(C(=O)NCC(C)C)cc(NC(=O)[C@H]2CCC(=O)N2C2CCN(Cc3ccc(Cl)c(C)c3)CC2)n1. The molecule has 2 saturated heterocycles. The lowest BCUT2D eigenvalue weighted by molar-refractivity contribution is -0.136. The van der Waals surface area contributed by atoms with Crippen LogP contribution in [0.4, 0.5) is 5.82 Å². The van der Waals surface area contributed by atoms with Crippen molar-refractivity contribution in [2.45, 2.75) is 72.0 Å². The zero-order chi connectivity index (χ0) is 27.4. The first-order valence-corrected chi connectivity index (χ1v) is 13.8. The second-order valence-corrected chi connectivity index (χ2v) is 11.3. The van der Waals surface area contributed by atoms with Crippen molar-refractivity contribution in [3.63, 3.8) is 0 Å². The predicted molar refractivity (Wildman–Crippen MR) is 149 cm³/mol. The molecule has 1 aromatic carbocycles. The van der Waals surface area contributed by atoms with Gasteiger partial charge in [-0.3, -0.25) is 19.3 Å². The number of anilines is 1. The minimum Gasteiger partial charge on any atom is -0.352 e. The molecule has 3 amide bonds. The van der Waals surface area contributed by atoms with Gasteiger partial charge in [-0.15, -0.1) is 0 Å². The maximum Gasteiger partial charge on any atom is 0.251 e. The Bertz CT molecular complexity index is 1190. The molecule has 3 heterocycles. The van der Waals surface area contributed by atoms with E-state index in [1.54, 1.807) is 24.0 Å². The Balaban J connectivity index is 1.37. The Hall–Kier alpha value is -2.97. The summed E-state index contributed by atoms with van der Waals surface area (Å²) in [5, 5.41) is 6.55. The quantitative estimate of drug-likeness (QED) is 0.520. The number of amides is 3. The van der Waals surface area contributed by atoms with Crippen LogP contribution in [0.1, 0.15) is 66.7 Å². The largest absolute Gasteiger partial charge is 0.352 e. The molecule has 1 aromatic heterocycles. The molecule has 8 nitrogen and oxygen atoms in total. The van der Waals surface area contributed by atoms with Crippen molar-refractivity contribution in [3.8, 4) is 0 Å². The predicted octanol–water partition coefficient (Wildman–Crippen LogP) is 4.33. The van der Waals surface area contributed by atoms with E-state index < -0.39 is 6.04 Å². The van der Waals surface area contributed by atoms with Crippen LogP contribution in [-0.4, -0.2) is 64.2 Å². The number of rotatable bonds is 8. The van der Waals surface area contributed by atoms with Crippen LogP contribution in [0.5, 0.6) is 0 Å². The molecule has 2 aliphatic heterocycles. The molecule has 0 radical (unpaired) electrons. The fraction of sp³-hybridized carbons (Fsp3) is 0.517. The normalized spacial score (nSPS) is 18.7. The van der Waals surface area contributed by atoms with Gasteiger partial charge < -0.3 is 15.5 Å². The van der Waals surface area contributed by atoms with Crippen molar-refractivity contribution >= 4 is 35.1 Å². The van der Waals surface area contributed by atoms with E-state index in [0.29, 0.717) is 42.4 Å². The van der Waals surface area contributed by atoms with Crippen LogP contribution in [0.15, 0.2) is 30.3 Å². The maximum atomic E-state index is 13.3. The highest BCUT2D eigenvalue weighted by molar-refractivity contribution is 6.31. The van der Waals surface area contributed by atoms with Gasteiger partial charge in [0.1, 0.15) is 11.9 Å². The van der Waals surface area contributed by atoms with Gasteiger partial charge in [0.25, 0.3) is 5.91 Å². The number of likely N-dealkylation sites (tertiary alicyclic amines) is 2. The number of nitrogens with zero attached hydrogens (tertiary/aromatic N) is 3. The van der Waals surface area contributed by atoms with Crippen LogP contribution in [-0.2, 0) is 16.1 Å². The van der Waals surface area contributed by atoms with Crippen molar-refractivity contribution in [3.05, 3.63) is 57.7 Å². The molecule has 38 heavy (non-hydrogen) atoms. The number of carbonyl (C=O) groups excluding carboxylic acids is 3. The molecule has 2 fully saturated rings. The Labute approximate surface area is 230 Å². The topological polar surface area (TPSA) is 94.6 Å². The van der Waals surface area contributed by atoms with Crippen molar-refractivity contribution in [2.24, 2.45) is 5.92 Å². The summed E-state index contributed by atoms with van der Waals surface area (Å²) in [6.07, 6.45) is 2.50. The smallest absolute Gasteiger partial charge is 0.251 e. The molecule has 0 bridgehead atoms. The number of halogens is 1. The minimum atomic E-state index is -0.529. The zero-order valence-electron chi connectivity index (χ0n) is 22.7. The second-order valence-electron chi connectivity index (χ2n) is 10.9. The summed E-state index contributed by atoms with van der Waals surface area (Å²) >= 11 is 6.17. The van der Waals surface area contributed by atoms with E-state index in [-0.39, 0.29) is 23.8 Å². The monoisotopic (exact) mass is 539 g/mol. The van der Waals surface area contributed by atoms with Crippen LogP contribution in [0.3, 0.4) is 0 Å². The third-order valence-electron chi connectivity index (χ3n) is 7.27. The van der Waals surface area contributed by atoms with Crippen molar-refractivity contribution in [1.29, 1.82) is 0 Å². The number of hydrogen-bond donors (Lipinski definition) is 2. The van der Waals surface area contributed by atoms with Gasteiger partial charge in [0.15, 0.2) is 0 Å². The van der Waals surface area contributed by atoms with Gasteiger partial charge in [0, 0.05) is 54.9 Å². The number of pyridine rings is 1. The fourth-order valence-corrected chi connectivity index (χ4v) is 5.43. The summed E-state index contributed by atoms with van der Waals surface area (Å²) in [6.45, 7) is 11.0. The number of piperidine rings is 1. The Kier molecular flexibility index (Phi) is 9.05. The van der Waals surface area contributed by atoms with E-state index in [4.69, 9.17) is 11.6 Å². The van der Waals surface area contributed by atoms with Gasteiger partial charge >= 0.3 is 0 Å². The number of aryl methyl sites for hydroxylation is 2. The van der Waals surface area contributed by atoms with Gasteiger partial charge in [-0.25, -0.2) is 4.98 Å². The number of carbonyl (C=O) groups is 3. The highest BCUT2D eigenvalue weighted by Crippen LogP contribution is 2.29. The third kappa shape index (κ3) is 6.91. The summed E-state index contributed by atoms with van der Waals surface area (Å²) in [7, 11) is 0. The van der Waals surface area contributed by atoms with E-state index in [1.807, 2.05) is 26.8 Å². The van der Waals surface area contributed by atoms with Crippen LogP contribution < -0.4 is 10.6 Å². The summed E-state index contributed by atoms with van der Waals surface area (Å²) in [4.78, 5) is 47.3. The first-order valence-electron chi connectivity index (χ1n) is 13.5. The summed E-state index contributed by atoms with van der Waals surface area (Å²) < 4.78 is 0. The lowest BCUT2D eigenvalue weighted by Crippen LogP contribution is -2.51. The van der Waals surface area contributed by atoms with Crippen LogP contribution in [0.2, 0.25) is 5.02 Å². The second kappa shape index (κ2) is 12.3. The molecule has 0 aliphatic carbocycles. The zero-order valence-corrected chi connectivity index (χ0v) is 23.5. The summed E-state index contributed by atoms with van der Waals surface area (Å²) in [5.74, 6) is 0.250. The lowest BCUT2D eigenvalue weighted by Gasteiger charge is -2.39. The van der Waals surface area contributed by atoms with Gasteiger partial charge in [0.05, 0.1) is 0 Å². The van der Waals surface area contributed by atoms with Gasteiger partial charge in [0.2, 0.25) is 11.8 Å². The van der Waals surface area contributed by atoms with Crippen LogP contribution in [0, 0.1) is 19.8 Å². The minimum absolute atomic E-state index is 0.0304. The Morgan fingerprint density at radius 2 is 1.84 bits per heavy atom. The van der Waals surface area contributed by atoms with Crippen molar-refractivity contribution in [2.75, 3.05) is 25.0 Å². The van der Waals surface area contributed by atoms with Crippen LogP contribution in [0.25, 0.3) is 0 Å². The fourth-order valence-electron chi connectivity index (χ4n) is 5.31. The molecule has 0 saturated carbocycles. The molecule has 0 unspecified atom stereocenters. The maximum absolute atomic E-state index is 13.3. The van der Waals surface area contributed by atoms with E-state index in [2.05, 4.69) is 32.7 Å². The van der Waals surface area contributed by atoms with Crippen molar-refractivity contribution in [1.82, 2.24) is 20.1 Å². The molecule has 2 aliphatic rings. The molecule has 0 spiro atoms. The third-order valence-corrected chi connectivity index (χ3v) is 7.70. The number of nitrogens with one attached hydrogen (secondary N) is 2. The highest BCUT2D eigenvalue weighted by Gasteiger charge is 2.41. The van der Waals surface area contributed by atoms with E-state index in [9.17, 15) is 14.4 Å². The highest BCUT2D eigenvalue weighted by atomic mass is 35.5. The summed E-state index contributed by atoms with van der Waals surface area (Å²) in [6, 6.07) is 8.93. The molecule has 4 rings (SSSR count). The Morgan fingerprint density at radius 3 is 2.53 bits per heavy atom. The molecule has 9 heteroatoms. The molecule has 1 atom stereocenters. The van der Waals surface area contributed by atoms with E-state index in [0.717, 1.165) is 43.1 Å². The average molecular weight is 540 g/mol. The standard InChI is InChI=1S/C29H38ClN5O3/c1-18(2)16-31-28(37)22-14-20(4)32-26(15-22)33-29(38)25-7-8-27(36)35(25)23-9-11-34(12-10-23)17-21-5-6-24(30)19(3)13-21/h5-6,13-15,18,23,25H,7-12,16-17H2,1-4H3,(H,31,37)(H,32,33,38)/t25-/m1/s1. The lowest BCUT2D eigenvalue weighted by atomic mass is 10.0. The molecule has 2 N–H and O–H groups in total. The van der Waals surface area contributed by atoms with Crippen LogP contribution >= 0.6 is 11.6 Å². The first kappa shape index (κ1) is 28.0. The number of hydrogen-bond acceptors (Lipinski definition) is 5.